The summed E-state index contributed by atoms with van der Waals surface area (Å²) in [5.74, 6) is 1.06. The van der Waals surface area contributed by atoms with Crippen molar-refractivity contribution in [3.05, 3.63) is 22.8 Å². The molecule has 4 heteroatoms. The number of nitrogens with one attached hydrogen (secondary N) is 1. The van der Waals surface area contributed by atoms with Crippen LogP contribution in [-0.4, -0.2) is 30.7 Å². The average molecular weight is 256 g/mol. The molecule has 1 aliphatic heterocycles. The van der Waals surface area contributed by atoms with E-state index in [1.807, 2.05) is 18.3 Å². The molecule has 1 fully saturated rings. The molecule has 0 aromatic carbocycles. The van der Waals surface area contributed by atoms with E-state index >= 15 is 0 Å². The van der Waals surface area contributed by atoms with E-state index < -0.39 is 0 Å². The van der Waals surface area contributed by atoms with Crippen LogP contribution in [0, 0.1) is 0 Å². The summed E-state index contributed by atoms with van der Waals surface area (Å²) in [7, 11) is 0. The fraction of sp³-hybridized carbons (Fsp3) is 0.500. The molecule has 1 aromatic heterocycles. The summed E-state index contributed by atoms with van der Waals surface area (Å²) >= 11 is 3.53. The first-order chi connectivity index (χ1) is 6.79. The zero-order valence-corrected chi connectivity index (χ0v) is 9.79. The van der Waals surface area contributed by atoms with Crippen molar-refractivity contribution in [3.8, 4) is 0 Å². The number of rotatable bonds is 1. The SMILES string of the molecule is CC1CNCCN1c1ncccc1Br. The zero-order valence-electron chi connectivity index (χ0n) is 8.20. The van der Waals surface area contributed by atoms with Gasteiger partial charge in [-0.1, -0.05) is 0 Å². The van der Waals surface area contributed by atoms with Gasteiger partial charge in [-0.3, -0.25) is 0 Å². The van der Waals surface area contributed by atoms with Crippen LogP contribution in [0.15, 0.2) is 22.8 Å². The van der Waals surface area contributed by atoms with Gasteiger partial charge in [0.25, 0.3) is 0 Å². The topological polar surface area (TPSA) is 28.2 Å². The molecular formula is C10H14BrN3. The molecule has 76 valence electrons. The van der Waals surface area contributed by atoms with Gasteiger partial charge in [-0.25, -0.2) is 4.98 Å². The van der Waals surface area contributed by atoms with E-state index in [0.717, 1.165) is 29.9 Å². The summed E-state index contributed by atoms with van der Waals surface area (Å²) in [6.45, 7) is 5.31. The van der Waals surface area contributed by atoms with Crippen molar-refractivity contribution in [2.45, 2.75) is 13.0 Å². The van der Waals surface area contributed by atoms with Gasteiger partial charge in [0.15, 0.2) is 0 Å². The number of halogens is 1. The molecule has 0 saturated carbocycles. The molecule has 1 saturated heterocycles. The van der Waals surface area contributed by atoms with Crippen molar-refractivity contribution in [2.75, 3.05) is 24.5 Å². The highest BCUT2D eigenvalue weighted by molar-refractivity contribution is 9.10. The zero-order chi connectivity index (χ0) is 9.97. The lowest BCUT2D eigenvalue weighted by atomic mass is 10.2. The van der Waals surface area contributed by atoms with E-state index in [4.69, 9.17) is 0 Å². The lowest BCUT2D eigenvalue weighted by Gasteiger charge is -2.35. The summed E-state index contributed by atoms with van der Waals surface area (Å²) in [4.78, 5) is 6.74. The highest BCUT2D eigenvalue weighted by Crippen LogP contribution is 2.24. The summed E-state index contributed by atoms with van der Waals surface area (Å²) in [6.07, 6.45) is 1.84. The summed E-state index contributed by atoms with van der Waals surface area (Å²) in [6, 6.07) is 4.49. The highest BCUT2D eigenvalue weighted by Gasteiger charge is 2.20. The Balaban J connectivity index is 2.25. The molecular weight excluding hydrogens is 242 g/mol. The first kappa shape index (κ1) is 9.93. The normalized spacial score (nSPS) is 22.4. The average Bonchev–Trinajstić information content (AvgIpc) is 2.20. The standard InChI is InChI=1S/C10H14BrN3/c1-8-7-12-5-6-14(8)10-9(11)3-2-4-13-10/h2-4,8,12H,5-7H2,1H3. The molecule has 1 aliphatic rings. The highest BCUT2D eigenvalue weighted by atomic mass is 79.9. The minimum atomic E-state index is 0.509. The Morgan fingerprint density at radius 2 is 2.50 bits per heavy atom. The maximum Gasteiger partial charge on any atom is 0.143 e. The van der Waals surface area contributed by atoms with Crippen molar-refractivity contribution in [1.82, 2.24) is 10.3 Å². The number of piperazine rings is 1. The maximum absolute atomic E-state index is 4.40. The predicted molar refractivity (Wildman–Crippen MR) is 61.6 cm³/mol. The van der Waals surface area contributed by atoms with Crippen molar-refractivity contribution in [3.63, 3.8) is 0 Å². The third-order valence-electron chi connectivity index (χ3n) is 2.51. The van der Waals surface area contributed by atoms with Crippen molar-refractivity contribution >= 4 is 21.7 Å². The number of nitrogens with zero attached hydrogens (tertiary/aromatic N) is 2. The smallest absolute Gasteiger partial charge is 0.143 e. The number of hydrogen-bond acceptors (Lipinski definition) is 3. The Bertz CT molecular complexity index is 316. The van der Waals surface area contributed by atoms with Gasteiger partial charge in [0.1, 0.15) is 5.82 Å². The van der Waals surface area contributed by atoms with Crippen LogP contribution in [0.3, 0.4) is 0 Å². The van der Waals surface area contributed by atoms with Crippen LogP contribution in [0.2, 0.25) is 0 Å². The largest absolute Gasteiger partial charge is 0.350 e. The van der Waals surface area contributed by atoms with Crippen LogP contribution in [0.1, 0.15) is 6.92 Å². The van der Waals surface area contributed by atoms with Crippen molar-refractivity contribution < 1.29 is 0 Å². The molecule has 1 unspecified atom stereocenters. The molecule has 0 bridgehead atoms. The summed E-state index contributed by atoms with van der Waals surface area (Å²) < 4.78 is 1.08. The molecule has 3 nitrogen and oxygen atoms in total. The van der Waals surface area contributed by atoms with E-state index in [0.29, 0.717) is 6.04 Å². The lowest BCUT2D eigenvalue weighted by molar-refractivity contribution is 0.496. The Morgan fingerprint density at radius 3 is 3.21 bits per heavy atom. The summed E-state index contributed by atoms with van der Waals surface area (Å²) in [5, 5.41) is 3.37. The van der Waals surface area contributed by atoms with E-state index in [9.17, 15) is 0 Å². The first-order valence-corrected chi connectivity index (χ1v) is 5.66. The van der Waals surface area contributed by atoms with Gasteiger partial charge in [0.05, 0.1) is 4.47 Å². The molecule has 1 N–H and O–H groups in total. The quantitative estimate of drug-likeness (QED) is 0.828. The number of aromatic nitrogens is 1. The van der Waals surface area contributed by atoms with E-state index in [-0.39, 0.29) is 0 Å². The number of pyridine rings is 1. The van der Waals surface area contributed by atoms with Crippen LogP contribution in [0.25, 0.3) is 0 Å². The van der Waals surface area contributed by atoms with Crippen molar-refractivity contribution in [1.29, 1.82) is 0 Å². The maximum atomic E-state index is 4.40. The van der Waals surface area contributed by atoms with E-state index in [1.165, 1.54) is 0 Å². The second-order valence-electron chi connectivity index (χ2n) is 3.56. The third kappa shape index (κ3) is 1.91. The number of hydrogen-bond donors (Lipinski definition) is 1. The van der Waals surface area contributed by atoms with Crippen LogP contribution in [0.5, 0.6) is 0 Å². The Kier molecular flexibility index (Phi) is 3.03. The van der Waals surface area contributed by atoms with E-state index in [1.54, 1.807) is 0 Å². The molecule has 0 amide bonds. The van der Waals surface area contributed by atoms with Crippen LogP contribution >= 0.6 is 15.9 Å². The van der Waals surface area contributed by atoms with Crippen molar-refractivity contribution in [2.24, 2.45) is 0 Å². The second kappa shape index (κ2) is 4.28. The fourth-order valence-corrected chi connectivity index (χ4v) is 2.23. The predicted octanol–water partition coefficient (Wildman–Crippen LogP) is 1.64. The Hall–Kier alpha value is -0.610. The molecule has 1 aromatic rings. The van der Waals surface area contributed by atoms with Gasteiger partial charge in [-0.15, -0.1) is 0 Å². The fourth-order valence-electron chi connectivity index (χ4n) is 1.74. The van der Waals surface area contributed by atoms with Gasteiger partial charge in [0, 0.05) is 31.9 Å². The van der Waals surface area contributed by atoms with Gasteiger partial charge in [-0.2, -0.15) is 0 Å². The Morgan fingerprint density at radius 1 is 1.64 bits per heavy atom. The van der Waals surface area contributed by atoms with Crippen LogP contribution in [0.4, 0.5) is 5.82 Å². The molecule has 0 spiro atoms. The molecule has 0 radical (unpaired) electrons. The minimum Gasteiger partial charge on any atom is -0.350 e. The molecule has 1 atom stereocenters. The minimum absolute atomic E-state index is 0.509. The van der Waals surface area contributed by atoms with Gasteiger partial charge in [-0.05, 0) is 35.0 Å². The molecule has 2 heterocycles. The van der Waals surface area contributed by atoms with Gasteiger partial charge < -0.3 is 10.2 Å². The second-order valence-corrected chi connectivity index (χ2v) is 4.41. The molecule has 2 rings (SSSR count). The van der Waals surface area contributed by atoms with E-state index in [2.05, 4.69) is 38.1 Å². The summed E-state index contributed by atoms with van der Waals surface area (Å²) in [5.41, 5.74) is 0. The first-order valence-electron chi connectivity index (χ1n) is 4.87. The molecule has 14 heavy (non-hydrogen) atoms. The monoisotopic (exact) mass is 255 g/mol. The third-order valence-corrected chi connectivity index (χ3v) is 3.13. The van der Waals surface area contributed by atoms with Gasteiger partial charge in [0.2, 0.25) is 0 Å². The lowest BCUT2D eigenvalue weighted by Crippen LogP contribution is -2.50. The van der Waals surface area contributed by atoms with Gasteiger partial charge >= 0.3 is 0 Å². The van der Waals surface area contributed by atoms with Crippen LogP contribution in [-0.2, 0) is 0 Å². The molecule has 0 aliphatic carbocycles. The Labute approximate surface area is 92.6 Å². The number of anilines is 1. The van der Waals surface area contributed by atoms with Crippen LogP contribution < -0.4 is 10.2 Å².